The van der Waals surface area contributed by atoms with Gasteiger partial charge >= 0.3 is 6.18 Å². The van der Waals surface area contributed by atoms with E-state index in [2.05, 4.69) is 10.5 Å². The summed E-state index contributed by atoms with van der Waals surface area (Å²) >= 11 is 6.11. The molecule has 0 radical (unpaired) electrons. The minimum atomic E-state index is -4.43. The number of rotatable bonds is 4. The van der Waals surface area contributed by atoms with E-state index in [1.54, 1.807) is 0 Å². The summed E-state index contributed by atoms with van der Waals surface area (Å²) in [5.41, 5.74) is -0.582. The van der Waals surface area contributed by atoms with E-state index in [-0.39, 0.29) is 28.4 Å². The van der Waals surface area contributed by atoms with Gasteiger partial charge in [0, 0.05) is 11.6 Å². The topological polar surface area (TPSA) is 55.1 Å². The summed E-state index contributed by atoms with van der Waals surface area (Å²) in [6, 6.07) is 4.16. The van der Waals surface area contributed by atoms with E-state index < -0.39 is 17.6 Å². The standard InChI is InChI=1S/C16H16ClF3N2O2/c1-8(2)9(3)21-15(23)13-12(17)14(24-22-13)10-4-6-11(7-5-10)16(18,19)20/h4-9H,1-3H3,(H,21,23). The number of hydrogen-bond donors (Lipinski definition) is 1. The van der Waals surface area contributed by atoms with Crippen molar-refractivity contribution < 1.29 is 22.5 Å². The molecule has 0 saturated carbocycles. The molecule has 0 aliphatic carbocycles. The van der Waals surface area contributed by atoms with Crippen LogP contribution in [0, 0.1) is 5.92 Å². The zero-order valence-corrected chi connectivity index (χ0v) is 14.0. The van der Waals surface area contributed by atoms with Gasteiger partial charge in [-0.15, -0.1) is 0 Å². The number of carbonyl (C=O) groups excluding carboxylic acids is 1. The first kappa shape index (κ1) is 18.3. The van der Waals surface area contributed by atoms with Crippen LogP contribution in [-0.4, -0.2) is 17.1 Å². The number of carbonyl (C=O) groups is 1. The van der Waals surface area contributed by atoms with Gasteiger partial charge in [-0.05, 0) is 25.0 Å². The van der Waals surface area contributed by atoms with Crippen molar-refractivity contribution in [1.29, 1.82) is 0 Å². The lowest BCUT2D eigenvalue weighted by Crippen LogP contribution is -2.36. The third-order valence-electron chi connectivity index (χ3n) is 3.68. The maximum Gasteiger partial charge on any atom is 0.416 e. The SMILES string of the molecule is CC(C)C(C)NC(=O)c1noc(-c2ccc(C(F)(F)F)cc2)c1Cl. The van der Waals surface area contributed by atoms with Gasteiger partial charge < -0.3 is 9.84 Å². The first-order chi connectivity index (χ1) is 11.1. The molecule has 0 bridgehead atoms. The lowest BCUT2D eigenvalue weighted by Gasteiger charge is -2.16. The lowest BCUT2D eigenvalue weighted by atomic mass is 10.1. The highest BCUT2D eigenvalue weighted by Crippen LogP contribution is 2.34. The number of alkyl halides is 3. The highest BCUT2D eigenvalue weighted by molar-refractivity contribution is 6.35. The molecule has 1 atom stereocenters. The molecule has 1 aromatic carbocycles. The van der Waals surface area contributed by atoms with Crippen LogP contribution in [0.1, 0.15) is 36.8 Å². The maximum atomic E-state index is 12.6. The molecule has 4 nitrogen and oxygen atoms in total. The number of nitrogens with zero attached hydrogens (tertiary/aromatic N) is 1. The van der Waals surface area contributed by atoms with Gasteiger partial charge in [0.2, 0.25) is 0 Å². The number of aromatic nitrogens is 1. The average Bonchev–Trinajstić information content (AvgIpc) is 2.88. The zero-order chi connectivity index (χ0) is 18.1. The maximum absolute atomic E-state index is 12.6. The minimum absolute atomic E-state index is 0.0387. The third-order valence-corrected chi connectivity index (χ3v) is 4.03. The Labute approximate surface area is 142 Å². The van der Waals surface area contributed by atoms with Gasteiger partial charge in [-0.2, -0.15) is 13.2 Å². The predicted molar refractivity (Wildman–Crippen MR) is 83.7 cm³/mol. The summed E-state index contributed by atoms with van der Waals surface area (Å²) in [5.74, 6) is -0.232. The Bertz CT molecular complexity index is 724. The van der Waals surface area contributed by atoms with Crippen LogP contribution in [0.25, 0.3) is 11.3 Å². The summed E-state index contributed by atoms with van der Waals surface area (Å²) in [7, 11) is 0. The Morgan fingerprint density at radius 1 is 1.21 bits per heavy atom. The Balaban J connectivity index is 2.25. The van der Waals surface area contributed by atoms with Crippen molar-refractivity contribution in [2.75, 3.05) is 0 Å². The van der Waals surface area contributed by atoms with Gasteiger partial charge in [-0.25, -0.2) is 0 Å². The van der Waals surface area contributed by atoms with Crippen LogP contribution in [0.5, 0.6) is 0 Å². The summed E-state index contributed by atoms with van der Waals surface area (Å²) in [4.78, 5) is 12.1. The molecular formula is C16H16ClF3N2O2. The van der Waals surface area contributed by atoms with Gasteiger partial charge in [0.1, 0.15) is 5.02 Å². The van der Waals surface area contributed by atoms with Gasteiger partial charge in [-0.1, -0.05) is 42.7 Å². The van der Waals surface area contributed by atoms with Crippen molar-refractivity contribution in [1.82, 2.24) is 10.5 Å². The molecule has 2 rings (SSSR count). The number of amides is 1. The predicted octanol–water partition coefficient (Wildman–Crippen LogP) is 4.79. The van der Waals surface area contributed by atoms with E-state index in [0.29, 0.717) is 5.56 Å². The summed E-state index contributed by atoms with van der Waals surface area (Å²) in [6.07, 6.45) is -4.43. The summed E-state index contributed by atoms with van der Waals surface area (Å²) in [5, 5.41) is 6.33. The van der Waals surface area contributed by atoms with E-state index in [4.69, 9.17) is 16.1 Å². The molecule has 1 unspecified atom stereocenters. The van der Waals surface area contributed by atoms with E-state index in [1.165, 1.54) is 12.1 Å². The fourth-order valence-electron chi connectivity index (χ4n) is 1.85. The largest absolute Gasteiger partial charge is 0.416 e. The molecule has 8 heteroatoms. The monoisotopic (exact) mass is 360 g/mol. The second kappa shape index (κ2) is 6.84. The normalized spacial score (nSPS) is 13.2. The molecule has 1 amide bonds. The van der Waals surface area contributed by atoms with E-state index in [9.17, 15) is 18.0 Å². The van der Waals surface area contributed by atoms with E-state index in [1.807, 2.05) is 20.8 Å². The molecule has 0 fully saturated rings. The van der Waals surface area contributed by atoms with Crippen molar-refractivity contribution in [3.05, 3.63) is 40.5 Å². The highest BCUT2D eigenvalue weighted by atomic mass is 35.5. The van der Waals surface area contributed by atoms with Gasteiger partial charge in [0.15, 0.2) is 11.5 Å². The van der Waals surface area contributed by atoms with Crippen LogP contribution in [0.15, 0.2) is 28.8 Å². The summed E-state index contributed by atoms with van der Waals surface area (Å²) in [6.45, 7) is 5.74. The zero-order valence-electron chi connectivity index (χ0n) is 13.2. The first-order valence-corrected chi connectivity index (χ1v) is 7.62. The Morgan fingerprint density at radius 3 is 2.29 bits per heavy atom. The quantitative estimate of drug-likeness (QED) is 0.853. The lowest BCUT2D eigenvalue weighted by molar-refractivity contribution is -0.137. The molecule has 0 saturated heterocycles. The van der Waals surface area contributed by atoms with Crippen LogP contribution in [0.2, 0.25) is 5.02 Å². The molecule has 1 aromatic heterocycles. The van der Waals surface area contributed by atoms with Crippen molar-refractivity contribution in [3.8, 4) is 11.3 Å². The molecule has 1 heterocycles. The van der Waals surface area contributed by atoms with Gasteiger partial charge in [0.05, 0.1) is 5.56 Å². The first-order valence-electron chi connectivity index (χ1n) is 7.25. The molecule has 0 aliphatic rings. The molecule has 24 heavy (non-hydrogen) atoms. The highest BCUT2D eigenvalue weighted by Gasteiger charge is 2.30. The molecule has 2 aromatic rings. The van der Waals surface area contributed by atoms with Crippen LogP contribution >= 0.6 is 11.6 Å². The fourth-order valence-corrected chi connectivity index (χ4v) is 2.12. The average molecular weight is 361 g/mol. The van der Waals surface area contributed by atoms with Crippen molar-refractivity contribution in [3.63, 3.8) is 0 Å². The second-order valence-corrected chi connectivity index (χ2v) is 6.13. The Hall–Kier alpha value is -2.02. The van der Waals surface area contributed by atoms with Crippen molar-refractivity contribution in [2.24, 2.45) is 5.92 Å². The number of benzene rings is 1. The van der Waals surface area contributed by atoms with E-state index >= 15 is 0 Å². The smallest absolute Gasteiger partial charge is 0.354 e. The number of halogens is 4. The van der Waals surface area contributed by atoms with Crippen molar-refractivity contribution >= 4 is 17.5 Å². The van der Waals surface area contributed by atoms with E-state index in [0.717, 1.165) is 12.1 Å². The third kappa shape index (κ3) is 3.90. The molecule has 130 valence electrons. The Morgan fingerprint density at radius 2 is 1.79 bits per heavy atom. The van der Waals surface area contributed by atoms with Crippen LogP contribution in [0.4, 0.5) is 13.2 Å². The molecule has 0 spiro atoms. The molecule has 1 N–H and O–H groups in total. The molecule has 0 aliphatic heterocycles. The van der Waals surface area contributed by atoms with Crippen LogP contribution in [-0.2, 0) is 6.18 Å². The van der Waals surface area contributed by atoms with Gasteiger partial charge in [0.25, 0.3) is 5.91 Å². The second-order valence-electron chi connectivity index (χ2n) is 5.76. The molecular weight excluding hydrogens is 345 g/mol. The summed E-state index contributed by atoms with van der Waals surface area (Å²) < 4.78 is 42.8. The Kier molecular flexibility index (Phi) is 5.22. The number of nitrogens with one attached hydrogen (secondary N) is 1. The van der Waals surface area contributed by atoms with Crippen LogP contribution in [0.3, 0.4) is 0 Å². The fraction of sp³-hybridized carbons (Fsp3) is 0.375. The van der Waals surface area contributed by atoms with Crippen molar-refractivity contribution in [2.45, 2.75) is 33.0 Å². The van der Waals surface area contributed by atoms with Gasteiger partial charge in [-0.3, -0.25) is 4.79 Å². The number of hydrogen-bond acceptors (Lipinski definition) is 3. The minimum Gasteiger partial charge on any atom is -0.354 e. The van der Waals surface area contributed by atoms with Crippen LogP contribution < -0.4 is 5.32 Å².